The van der Waals surface area contributed by atoms with Gasteiger partial charge in [-0.25, -0.2) is 12.7 Å². The molecule has 0 aliphatic heterocycles. The largest absolute Gasteiger partial charge is 0.317 e. The van der Waals surface area contributed by atoms with Crippen molar-refractivity contribution in [2.75, 3.05) is 14.1 Å². The van der Waals surface area contributed by atoms with Gasteiger partial charge in [-0.3, -0.25) is 18.7 Å². The Bertz CT molecular complexity index is 1560. The summed E-state index contributed by atoms with van der Waals surface area (Å²) < 4.78 is 28.9. The summed E-state index contributed by atoms with van der Waals surface area (Å²) in [6.45, 7) is 0.262. The predicted molar refractivity (Wildman–Crippen MR) is 129 cm³/mol. The minimum Gasteiger partial charge on any atom is -0.298 e. The van der Waals surface area contributed by atoms with E-state index in [0.717, 1.165) is 9.87 Å². The second-order valence-electron chi connectivity index (χ2n) is 7.84. The maximum Gasteiger partial charge on any atom is 0.317 e. The second kappa shape index (κ2) is 8.97. The molecular formula is C24H22ClN3O4S. The van der Waals surface area contributed by atoms with E-state index in [-0.39, 0.29) is 18.0 Å². The van der Waals surface area contributed by atoms with E-state index in [0.29, 0.717) is 21.6 Å². The molecule has 170 valence electrons. The Morgan fingerprint density at radius 2 is 1.36 bits per heavy atom. The van der Waals surface area contributed by atoms with Gasteiger partial charge in [0, 0.05) is 19.1 Å². The first-order valence-corrected chi connectivity index (χ1v) is 12.0. The zero-order valence-corrected chi connectivity index (χ0v) is 19.7. The van der Waals surface area contributed by atoms with Crippen molar-refractivity contribution in [3.63, 3.8) is 0 Å². The highest BCUT2D eigenvalue weighted by Crippen LogP contribution is 2.20. The topological polar surface area (TPSA) is 81.4 Å². The normalized spacial score (nSPS) is 11.9. The average molecular weight is 484 g/mol. The van der Waals surface area contributed by atoms with Gasteiger partial charge in [0.15, 0.2) is 0 Å². The Morgan fingerprint density at radius 1 is 0.758 bits per heavy atom. The first-order valence-electron chi connectivity index (χ1n) is 10.2. The van der Waals surface area contributed by atoms with Gasteiger partial charge in [0.25, 0.3) is 0 Å². The molecule has 0 aliphatic carbocycles. The highest BCUT2D eigenvalue weighted by molar-refractivity contribution is 7.89. The third-order valence-corrected chi connectivity index (χ3v) is 7.44. The molecule has 33 heavy (non-hydrogen) atoms. The first kappa shape index (κ1) is 23.0. The van der Waals surface area contributed by atoms with Crippen LogP contribution in [0.4, 0.5) is 0 Å². The molecule has 0 fully saturated rings. The number of hydrogen-bond donors (Lipinski definition) is 0. The first-order chi connectivity index (χ1) is 15.7. The van der Waals surface area contributed by atoms with Crippen LogP contribution in [0.3, 0.4) is 0 Å². The smallest absolute Gasteiger partial charge is 0.298 e. The standard InChI is InChI=1S/C24H22ClN3O4S/c1-26(2)33(31,32)20-10-6-9-18(13-20)16-28-22-14-19(25)11-12-21(22)27(23(29)24(28)30)15-17-7-4-3-5-8-17/h3-14H,15-16H2,1-2H3. The van der Waals surface area contributed by atoms with Gasteiger partial charge in [-0.15, -0.1) is 0 Å². The summed E-state index contributed by atoms with van der Waals surface area (Å²) in [4.78, 5) is 26.4. The fourth-order valence-corrected chi connectivity index (χ4v) is 4.81. The average Bonchev–Trinajstić information content (AvgIpc) is 2.80. The fourth-order valence-electron chi connectivity index (χ4n) is 3.67. The van der Waals surface area contributed by atoms with Crippen molar-refractivity contribution >= 4 is 32.7 Å². The molecule has 0 spiro atoms. The molecule has 0 radical (unpaired) electrons. The van der Waals surface area contributed by atoms with Crippen LogP contribution in [0.2, 0.25) is 5.02 Å². The number of nitrogens with zero attached hydrogens (tertiary/aromatic N) is 3. The minimum atomic E-state index is -3.64. The summed E-state index contributed by atoms with van der Waals surface area (Å²) >= 11 is 6.23. The fraction of sp³-hybridized carbons (Fsp3) is 0.167. The molecule has 7 nitrogen and oxygen atoms in total. The van der Waals surface area contributed by atoms with Crippen molar-refractivity contribution < 1.29 is 8.42 Å². The summed E-state index contributed by atoms with van der Waals surface area (Å²) in [5.74, 6) is 0. The lowest BCUT2D eigenvalue weighted by molar-refractivity contribution is 0.520. The Hall–Kier alpha value is -3.20. The van der Waals surface area contributed by atoms with Gasteiger partial charge in [-0.2, -0.15) is 0 Å². The van der Waals surface area contributed by atoms with E-state index in [4.69, 9.17) is 11.6 Å². The maximum absolute atomic E-state index is 13.2. The number of hydrogen-bond acceptors (Lipinski definition) is 4. The zero-order valence-electron chi connectivity index (χ0n) is 18.1. The molecular weight excluding hydrogens is 462 g/mol. The highest BCUT2D eigenvalue weighted by Gasteiger charge is 2.19. The SMILES string of the molecule is CN(C)S(=O)(=O)c1cccc(Cn2c(=O)c(=O)n(Cc3ccccc3)c3ccc(Cl)cc32)c1. The van der Waals surface area contributed by atoms with E-state index in [1.54, 1.807) is 30.3 Å². The Kier molecular flexibility index (Phi) is 6.25. The lowest BCUT2D eigenvalue weighted by atomic mass is 10.2. The molecule has 0 bridgehead atoms. The van der Waals surface area contributed by atoms with Crippen LogP contribution in [0.15, 0.2) is 87.3 Å². The summed E-state index contributed by atoms with van der Waals surface area (Å²) in [7, 11) is -0.736. The van der Waals surface area contributed by atoms with E-state index < -0.39 is 21.1 Å². The lowest BCUT2D eigenvalue weighted by Crippen LogP contribution is -2.42. The second-order valence-corrected chi connectivity index (χ2v) is 10.4. The maximum atomic E-state index is 13.2. The van der Waals surface area contributed by atoms with E-state index in [1.807, 2.05) is 30.3 Å². The Morgan fingerprint density at radius 3 is 2.03 bits per heavy atom. The highest BCUT2D eigenvalue weighted by atomic mass is 35.5. The number of aromatic nitrogens is 2. The van der Waals surface area contributed by atoms with Gasteiger partial charge < -0.3 is 0 Å². The van der Waals surface area contributed by atoms with Crippen molar-refractivity contribution in [1.29, 1.82) is 0 Å². The number of sulfonamides is 1. The number of halogens is 1. The quantitative estimate of drug-likeness (QED) is 0.394. The Labute approximate surface area is 196 Å². The van der Waals surface area contributed by atoms with Crippen LogP contribution in [0, 0.1) is 0 Å². The molecule has 0 unspecified atom stereocenters. The van der Waals surface area contributed by atoms with Crippen LogP contribution < -0.4 is 11.1 Å². The molecule has 1 aromatic heterocycles. The summed E-state index contributed by atoms with van der Waals surface area (Å²) in [5.41, 5.74) is 1.14. The van der Waals surface area contributed by atoms with Crippen LogP contribution in [0.5, 0.6) is 0 Å². The molecule has 0 amide bonds. The van der Waals surface area contributed by atoms with Crippen molar-refractivity contribution in [3.05, 3.63) is 110 Å². The van der Waals surface area contributed by atoms with Crippen molar-refractivity contribution in [1.82, 2.24) is 13.4 Å². The molecule has 1 heterocycles. The summed E-state index contributed by atoms with van der Waals surface area (Å²) in [5, 5.41) is 0.421. The molecule has 0 atom stereocenters. The van der Waals surface area contributed by atoms with Gasteiger partial charge in [0.05, 0.1) is 29.0 Å². The third kappa shape index (κ3) is 4.50. The zero-order chi connectivity index (χ0) is 23.8. The summed E-state index contributed by atoms with van der Waals surface area (Å²) in [6.07, 6.45) is 0. The van der Waals surface area contributed by atoms with Crippen molar-refractivity contribution in [3.8, 4) is 0 Å². The van der Waals surface area contributed by atoms with Crippen LogP contribution in [-0.4, -0.2) is 36.0 Å². The predicted octanol–water partition coefficient (Wildman–Crippen LogP) is 3.16. The molecule has 3 aromatic carbocycles. The van der Waals surface area contributed by atoms with Crippen molar-refractivity contribution in [2.24, 2.45) is 0 Å². The van der Waals surface area contributed by atoms with E-state index in [2.05, 4.69) is 0 Å². The molecule has 0 N–H and O–H groups in total. The van der Waals surface area contributed by atoms with Crippen molar-refractivity contribution in [2.45, 2.75) is 18.0 Å². The van der Waals surface area contributed by atoms with Gasteiger partial charge in [0.2, 0.25) is 10.0 Å². The van der Waals surface area contributed by atoms with Gasteiger partial charge >= 0.3 is 11.1 Å². The molecule has 4 rings (SSSR count). The van der Waals surface area contributed by atoms with E-state index >= 15 is 0 Å². The van der Waals surface area contributed by atoms with Gasteiger partial charge in [-0.05, 0) is 41.5 Å². The molecule has 0 saturated heterocycles. The van der Waals surface area contributed by atoms with Crippen LogP contribution in [0.1, 0.15) is 11.1 Å². The summed E-state index contributed by atoms with van der Waals surface area (Å²) in [6, 6.07) is 20.7. The monoisotopic (exact) mass is 483 g/mol. The number of benzene rings is 3. The van der Waals surface area contributed by atoms with Gasteiger partial charge in [0.1, 0.15) is 0 Å². The molecule has 9 heteroatoms. The van der Waals surface area contributed by atoms with Gasteiger partial charge in [-0.1, -0.05) is 54.1 Å². The van der Waals surface area contributed by atoms with E-state index in [1.165, 1.54) is 35.4 Å². The van der Waals surface area contributed by atoms with Crippen LogP contribution in [-0.2, 0) is 23.1 Å². The molecule has 4 aromatic rings. The number of fused-ring (bicyclic) bond motifs is 1. The minimum absolute atomic E-state index is 0.0217. The molecule has 0 saturated carbocycles. The van der Waals surface area contributed by atoms with E-state index in [9.17, 15) is 18.0 Å². The number of rotatable bonds is 6. The van der Waals surface area contributed by atoms with Crippen LogP contribution >= 0.6 is 11.6 Å². The molecule has 0 aliphatic rings. The van der Waals surface area contributed by atoms with Crippen LogP contribution in [0.25, 0.3) is 11.0 Å². The lowest BCUT2D eigenvalue weighted by Gasteiger charge is -2.16. The third-order valence-electron chi connectivity index (χ3n) is 5.39. The Balaban J connectivity index is 1.87.